The molecule has 1 aromatic carbocycles. The molecule has 0 bridgehead atoms. The Kier molecular flexibility index (Phi) is 6.55. The van der Waals surface area contributed by atoms with Gasteiger partial charge in [-0.3, -0.25) is 19.7 Å². The molecule has 1 aromatic rings. The summed E-state index contributed by atoms with van der Waals surface area (Å²) < 4.78 is 0. The SMILES string of the molecule is C[C@H]1CCC[C@H](N[C@H]2CCCC[C@@H]2Cc2ccc3c(c2)CN(C2CCC(=O)NC2=O)C3=O)C1. The summed E-state index contributed by atoms with van der Waals surface area (Å²) in [4.78, 5) is 38.4. The van der Waals surface area contributed by atoms with Crippen LogP contribution in [0.1, 0.15) is 92.6 Å². The third kappa shape index (κ3) is 4.86. The molecule has 33 heavy (non-hydrogen) atoms. The standard InChI is InChI=1S/C27H37N3O3/c1-17-5-4-7-21(13-17)28-23-8-3-2-6-19(23)14-18-9-10-22-20(15-18)16-30(27(22)33)24-11-12-25(31)29-26(24)32/h9-10,15,17,19,21,23-24,28H,2-8,11-14,16H2,1H3,(H,29,31,32)/t17-,19+,21-,23-,24?/m0/s1. The Bertz CT molecular complexity index is 929. The fourth-order valence-corrected chi connectivity index (χ4v) is 6.62. The second kappa shape index (κ2) is 9.57. The van der Waals surface area contributed by atoms with E-state index in [1.807, 2.05) is 6.07 Å². The van der Waals surface area contributed by atoms with Crippen molar-refractivity contribution in [1.82, 2.24) is 15.5 Å². The summed E-state index contributed by atoms with van der Waals surface area (Å²) in [5.41, 5.74) is 3.02. The average molecular weight is 452 g/mol. The van der Waals surface area contributed by atoms with Crippen molar-refractivity contribution in [3.05, 3.63) is 34.9 Å². The van der Waals surface area contributed by atoms with E-state index in [4.69, 9.17) is 0 Å². The smallest absolute Gasteiger partial charge is 0.255 e. The summed E-state index contributed by atoms with van der Waals surface area (Å²) >= 11 is 0. The van der Waals surface area contributed by atoms with E-state index in [-0.39, 0.29) is 24.1 Å². The number of hydrogen-bond donors (Lipinski definition) is 2. The zero-order valence-corrected chi connectivity index (χ0v) is 19.8. The number of carbonyl (C=O) groups is 3. The van der Waals surface area contributed by atoms with Gasteiger partial charge in [0.2, 0.25) is 11.8 Å². The lowest BCUT2D eigenvalue weighted by Crippen LogP contribution is -2.52. The molecule has 0 spiro atoms. The Balaban J connectivity index is 1.25. The maximum Gasteiger partial charge on any atom is 0.255 e. The average Bonchev–Trinajstić information content (AvgIpc) is 3.11. The second-order valence-electron chi connectivity index (χ2n) is 10.9. The van der Waals surface area contributed by atoms with E-state index >= 15 is 0 Å². The topological polar surface area (TPSA) is 78.5 Å². The van der Waals surface area contributed by atoms with Crippen molar-refractivity contribution >= 4 is 17.7 Å². The monoisotopic (exact) mass is 451 g/mol. The first-order chi connectivity index (χ1) is 16.0. The molecule has 2 saturated carbocycles. The highest BCUT2D eigenvalue weighted by molar-refractivity contribution is 6.05. The van der Waals surface area contributed by atoms with Crippen molar-refractivity contribution in [2.24, 2.45) is 11.8 Å². The van der Waals surface area contributed by atoms with Crippen LogP contribution in [0.3, 0.4) is 0 Å². The van der Waals surface area contributed by atoms with Crippen LogP contribution >= 0.6 is 0 Å². The lowest BCUT2D eigenvalue weighted by molar-refractivity contribution is -0.136. The summed E-state index contributed by atoms with van der Waals surface area (Å²) in [6.45, 7) is 2.84. The number of hydrogen-bond acceptors (Lipinski definition) is 4. The van der Waals surface area contributed by atoms with E-state index in [0.717, 1.165) is 17.9 Å². The van der Waals surface area contributed by atoms with Gasteiger partial charge < -0.3 is 10.2 Å². The first kappa shape index (κ1) is 22.6. The van der Waals surface area contributed by atoms with Gasteiger partial charge >= 0.3 is 0 Å². The van der Waals surface area contributed by atoms with Gasteiger partial charge in [-0.05, 0) is 67.6 Å². The molecule has 2 aliphatic carbocycles. The number of imide groups is 1. The van der Waals surface area contributed by atoms with Crippen LogP contribution in [-0.4, -0.2) is 40.7 Å². The van der Waals surface area contributed by atoms with E-state index in [0.29, 0.717) is 36.5 Å². The fourth-order valence-electron chi connectivity index (χ4n) is 6.62. The Morgan fingerprint density at radius 1 is 1.03 bits per heavy atom. The van der Waals surface area contributed by atoms with Gasteiger partial charge in [0.15, 0.2) is 0 Å². The Labute approximate surface area is 196 Å². The van der Waals surface area contributed by atoms with Crippen molar-refractivity contribution in [3.63, 3.8) is 0 Å². The molecule has 6 heteroatoms. The summed E-state index contributed by atoms with van der Waals surface area (Å²) in [5, 5.41) is 6.42. The largest absolute Gasteiger partial charge is 0.322 e. The van der Waals surface area contributed by atoms with Crippen LogP contribution in [0.15, 0.2) is 18.2 Å². The third-order valence-electron chi connectivity index (χ3n) is 8.38. The molecule has 0 radical (unpaired) electrons. The lowest BCUT2D eigenvalue weighted by atomic mass is 9.79. The first-order valence-corrected chi connectivity index (χ1v) is 13.0. The van der Waals surface area contributed by atoms with Crippen LogP contribution in [0.2, 0.25) is 0 Å². The van der Waals surface area contributed by atoms with Gasteiger partial charge in [0.25, 0.3) is 5.91 Å². The van der Waals surface area contributed by atoms with E-state index in [1.165, 1.54) is 56.9 Å². The third-order valence-corrected chi connectivity index (χ3v) is 8.38. The van der Waals surface area contributed by atoms with Gasteiger partial charge in [-0.15, -0.1) is 0 Å². The first-order valence-electron chi connectivity index (χ1n) is 13.0. The Morgan fingerprint density at radius 3 is 2.70 bits per heavy atom. The predicted octanol–water partition coefficient (Wildman–Crippen LogP) is 3.72. The second-order valence-corrected chi connectivity index (χ2v) is 10.9. The van der Waals surface area contributed by atoms with E-state index in [2.05, 4.69) is 29.7 Å². The van der Waals surface area contributed by atoms with Crippen molar-refractivity contribution in [3.8, 4) is 0 Å². The highest BCUT2D eigenvalue weighted by Crippen LogP contribution is 2.33. The zero-order valence-electron chi connectivity index (χ0n) is 19.8. The number of benzene rings is 1. The quantitative estimate of drug-likeness (QED) is 0.669. The van der Waals surface area contributed by atoms with Crippen LogP contribution in [-0.2, 0) is 22.6 Å². The molecule has 6 nitrogen and oxygen atoms in total. The number of nitrogens with zero attached hydrogens (tertiary/aromatic N) is 1. The minimum Gasteiger partial charge on any atom is -0.322 e. The molecule has 2 aliphatic heterocycles. The van der Waals surface area contributed by atoms with Crippen molar-refractivity contribution in [1.29, 1.82) is 0 Å². The predicted molar refractivity (Wildman–Crippen MR) is 126 cm³/mol. The molecule has 1 unspecified atom stereocenters. The molecule has 3 fully saturated rings. The van der Waals surface area contributed by atoms with Gasteiger partial charge in [0.1, 0.15) is 6.04 Å². The number of fused-ring (bicyclic) bond motifs is 1. The van der Waals surface area contributed by atoms with Crippen LogP contribution < -0.4 is 10.6 Å². The van der Waals surface area contributed by atoms with E-state index in [1.54, 1.807) is 4.90 Å². The molecule has 4 aliphatic rings. The van der Waals surface area contributed by atoms with Gasteiger partial charge in [-0.2, -0.15) is 0 Å². The molecule has 1 saturated heterocycles. The van der Waals surface area contributed by atoms with Gasteiger partial charge in [0.05, 0.1) is 0 Å². The zero-order chi connectivity index (χ0) is 22.9. The van der Waals surface area contributed by atoms with Crippen molar-refractivity contribution in [2.45, 2.75) is 102 Å². The van der Waals surface area contributed by atoms with Gasteiger partial charge in [-0.1, -0.05) is 44.7 Å². The van der Waals surface area contributed by atoms with E-state index < -0.39 is 6.04 Å². The van der Waals surface area contributed by atoms with Crippen molar-refractivity contribution in [2.75, 3.05) is 0 Å². The van der Waals surface area contributed by atoms with Crippen LogP contribution in [0, 0.1) is 11.8 Å². The fraction of sp³-hybridized carbons (Fsp3) is 0.667. The summed E-state index contributed by atoms with van der Waals surface area (Å²) in [6, 6.07) is 6.96. The molecular weight excluding hydrogens is 414 g/mol. The molecule has 0 aromatic heterocycles. The number of rotatable bonds is 5. The molecule has 5 rings (SSSR count). The molecular formula is C27H37N3O3. The molecule has 3 amide bonds. The minimum atomic E-state index is -0.546. The summed E-state index contributed by atoms with van der Waals surface area (Å²) in [7, 11) is 0. The van der Waals surface area contributed by atoms with Crippen LogP contribution in [0.4, 0.5) is 0 Å². The van der Waals surface area contributed by atoms with Crippen LogP contribution in [0.5, 0.6) is 0 Å². The van der Waals surface area contributed by atoms with E-state index in [9.17, 15) is 14.4 Å². The molecule has 178 valence electrons. The van der Waals surface area contributed by atoms with Gasteiger partial charge in [0, 0.05) is 30.6 Å². The summed E-state index contributed by atoms with van der Waals surface area (Å²) in [6.07, 6.45) is 12.2. The Morgan fingerprint density at radius 2 is 1.88 bits per heavy atom. The maximum atomic E-state index is 13.0. The number of nitrogens with one attached hydrogen (secondary N) is 2. The highest BCUT2D eigenvalue weighted by Gasteiger charge is 2.39. The number of carbonyl (C=O) groups excluding carboxylic acids is 3. The molecule has 2 N–H and O–H groups in total. The summed E-state index contributed by atoms with van der Waals surface area (Å²) in [5.74, 6) is 0.786. The Hall–Kier alpha value is -2.21. The molecule has 2 heterocycles. The van der Waals surface area contributed by atoms with Crippen molar-refractivity contribution < 1.29 is 14.4 Å². The minimum absolute atomic E-state index is 0.0883. The number of amides is 3. The number of piperidine rings is 1. The highest BCUT2D eigenvalue weighted by atomic mass is 16.2. The molecule has 5 atom stereocenters. The lowest BCUT2D eigenvalue weighted by Gasteiger charge is -2.38. The van der Waals surface area contributed by atoms with Crippen LogP contribution in [0.25, 0.3) is 0 Å². The normalized spacial score (nSPS) is 32.6. The maximum absolute atomic E-state index is 13.0. The van der Waals surface area contributed by atoms with Gasteiger partial charge in [-0.25, -0.2) is 0 Å².